The van der Waals surface area contributed by atoms with Crippen molar-refractivity contribution in [3.05, 3.63) is 59.2 Å². The molecule has 1 aliphatic rings. The first-order valence-corrected chi connectivity index (χ1v) is 9.71. The smallest absolute Gasteiger partial charge is 0.160 e. The van der Waals surface area contributed by atoms with Gasteiger partial charge in [0, 0.05) is 0 Å². The van der Waals surface area contributed by atoms with Crippen LogP contribution in [0, 0.1) is 12.8 Å². The second-order valence-corrected chi connectivity index (χ2v) is 7.26. The summed E-state index contributed by atoms with van der Waals surface area (Å²) in [6.07, 6.45) is 9.62. The van der Waals surface area contributed by atoms with Gasteiger partial charge in [-0.25, -0.2) is 0 Å². The lowest BCUT2D eigenvalue weighted by Gasteiger charge is -2.30. The van der Waals surface area contributed by atoms with Gasteiger partial charge in [0.25, 0.3) is 0 Å². The fourth-order valence-corrected chi connectivity index (χ4v) is 4.06. The SMILES string of the molecule is COc1cc(/C=C/C2CCCCC2c2ccc(OC)c(OC)c2)ccc1C. The van der Waals surface area contributed by atoms with Crippen LogP contribution < -0.4 is 14.2 Å². The molecule has 3 nitrogen and oxygen atoms in total. The van der Waals surface area contributed by atoms with Crippen molar-refractivity contribution in [2.45, 2.75) is 38.5 Å². The highest BCUT2D eigenvalue weighted by Crippen LogP contribution is 2.41. The van der Waals surface area contributed by atoms with Crippen LogP contribution in [0.25, 0.3) is 6.08 Å². The number of hydrogen-bond acceptors (Lipinski definition) is 3. The number of rotatable bonds is 6. The van der Waals surface area contributed by atoms with Gasteiger partial charge in [0.05, 0.1) is 21.3 Å². The van der Waals surface area contributed by atoms with Crippen molar-refractivity contribution in [3.63, 3.8) is 0 Å². The van der Waals surface area contributed by atoms with Gasteiger partial charge in [-0.05, 0) is 66.5 Å². The summed E-state index contributed by atoms with van der Waals surface area (Å²) < 4.78 is 16.4. The first kappa shape index (κ1) is 19.3. The third kappa shape index (κ3) is 4.47. The summed E-state index contributed by atoms with van der Waals surface area (Å²) in [7, 11) is 5.11. The summed E-state index contributed by atoms with van der Waals surface area (Å²) in [6.45, 7) is 2.07. The predicted octanol–water partition coefficient (Wildman–Crippen LogP) is 6.01. The van der Waals surface area contributed by atoms with Crippen LogP contribution in [0.4, 0.5) is 0 Å². The maximum absolute atomic E-state index is 5.51. The zero-order valence-corrected chi connectivity index (χ0v) is 16.8. The molecule has 144 valence electrons. The van der Waals surface area contributed by atoms with Gasteiger partial charge in [0.2, 0.25) is 0 Å². The molecule has 0 spiro atoms. The highest BCUT2D eigenvalue weighted by molar-refractivity contribution is 5.54. The molecule has 1 fully saturated rings. The number of methoxy groups -OCH3 is 3. The monoisotopic (exact) mass is 366 g/mol. The summed E-state index contributed by atoms with van der Waals surface area (Å²) >= 11 is 0. The molecular formula is C24H30O3. The number of aryl methyl sites for hydroxylation is 1. The quantitative estimate of drug-likeness (QED) is 0.627. The van der Waals surface area contributed by atoms with E-state index in [0.29, 0.717) is 11.8 Å². The van der Waals surface area contributed by atoms with Gasteiger partial charge < -0.3 is 14.2 Å². The van der Waals surface area contributed by atoms with E-state index in [1.165, 1.54) is 36.8 Å². The number of ether oxygens (including phenoxy) is 3. The third-order valence-electron chi connectivity index (χ3n) is 5.62. The van der Waals surface area contributed by atoms with E-state index in [9.17, 15) is 0 Å². The average Bonchev–Trinajstić information content (AvgIpc) is 2.72. The molecule has 27 heavy (non-hydrogen) atoms. The molecule has 1 aliphatic carbocycles. The van der Waals surface area contributed by atoms with Crippen molar-refractivity contribution >= 4 is 6.08 Å². The van der Waals surface area contributed by atoms with E-state index in [2.05, 4.69) is 49.4 Å². The molecule has 0 heterocycles. The van der Waals surface area contributed by atoms with Crippen molar-refractivity contribution in [1.82, 2.24) is 0 Å². The molecule has 3 rings (SSSR count). The second-order valence-electron chi connectivity index (χ2n) is 7.26. The molecule has 0 saturated heterocycles. The first-order valence-electron chi connectivity index (χ1n) is 9.71. The van der Waals surface area contributed by atoms with Crippen LogP contribution in [-0.4, -0.2) is 21.3 Å². The molecule has 2 aromatic rings. The Morgan fingerprint density at radius 1 is 0.815 bits per heavy atom. The topological polar surface area (TPSA) is 27.7 Å². The minimum atomic E-state index is 0.516. The fraction of sp³-hybridized carbons (Fsp3) is 0.417. The van der Waals surface area contributed by atoms with Gasteiger partial charge in [-0.2, -0.15) is 0 Å². The van der Waals surface area contributed by atoms with Gasteiger partial charge >= 0.3 is 0 Å². The van der Waals surface area contributed by atoms with Crippen molar-refractivity contribution in [1.29, 1.82) is 0 Å². The summed E-state index contributed by atoms with van der Waals surface area (Å²) in [4.78, 5) is 0. The molecule has 3 heteroatoms. The van der Waals surface area contributed by atoms with Crippen LogP contribution in [0.3, 0.4) is 0 Å². The lowest BCUT2D eigenvalue weighted by atomic mass is 9.75. The Labute approximate surface area is 163 Å². The molecule has 1 saturated carbocycles. The van der Waals surface area contributed by atoms with E-state index < -0.39 is 0 Å². The summed E-state index contributed by atoms with van der Waals surface area (Å²) in [5.41, 5.74) is 3.69. The Morgan fingerprint density at radius 2 is 1.56 bits per heavy atom. The lowest BCUT2D eigenvalue weighted by Crippen LogP contribution is -2.16. The summed E-state index contributed by atoms with van der Waals surface area (Å²) in [5.74, 6) is 3.59. The summed E-state index contributed by atoms with van der Waals surface area (Å²) in [5, 5.41) is 0. The Morgan fingerprint density at radius 3 is 2.30 bits per heavy atom. The average molecular weight is 367 g/mol. The summed E-state index contributed by atoms with van der Waals surface area (Å²) in [6, 6.07) is 12.7. The maximum Gasteiger partial charge on any atom is 0.160 e. The van der Waals surface area contributed by atoms with E-state index in [1.54, 1.807) is 21.3 Å². The molecule has 0 bridgehead atoms. The van der Waals surface area contributed by atoms with E-state index in [-0.39, 0.29) is 0 Å². The van der Waals surface area contributed by atoms with Gasteiger partial charge in [0.1, 0.15) is 5.75 Å². The van der Waals surface area contributed by atoms with Crippen LogP contribution in [0.15, 0.2) is 42.5 Å². The Hall–Kier alpha value is -2.42. The van der Waals surface area contributed by atoms with Crippen molar-refractivity contribution < 1.29 is 14.2 Å². The Bertz CT molecular complexity index is 794. The predicted molar refractivity (Wildman–Crippen MR) is 111 cm³/mol. The van der Waals surface area contributed by atoms with Gasteiger partial charge in [-0.15, -0.1) is 0 Å². The second kappa shape index (κ2) is 8.98. The van der Waals surface area contributed by atoms with E-state index in [0.717, 1.165) is 22.8 Å². The van der Waals surface area contributed by atoms with Gasteiger partial charge in [-0.1, -0.05) is 43.2 Å². The molecular weight excluding hydrogens is 336 g/mol. The van der Waals surface area contributed by atoms with Crippen molar-refractivity contribution in [2.24, 2.45) is 5.92 Å². The lowest BCUT2D eigenvalue weighted by molar-refractivity contribution is 0.346. The van der Waals surface area contributed by atoms with Crippen LogP contribution >= 0.6 is 0 Å². The number of allylic oxidation sites excluding steroid dienone is 1. The first-order chi connectivity index (χ1) is 13.2. The molecule has 2 atom stereocenters. The molecule has 0 aliphatic heterocycles. The van der Waals surface area contributed by atoms with Crippen LogP contribution in [0.2, 0.25) is 0 Å². The largest absolute Gasteiger partial charge is 0.496 e. The molecule has 0 aromatic heterocycles. The Kier molecular flexibility index (Phi) is 6.44. The molecule has 0 amide bonds. The standard InChI is InChI=1S/C24H30O3/c1-17-9-10-18(15-23(17)26-3)11-12-19-7-5-6-8-21(19)20-13-14-22(25-2)24(16-20)27-4/h9-16,19,21H,5-8H2,1-4H3/b12-11+. The number of benzene rings is 2. The van der Waals surface area contributed by atoms with Crippen LogP contribution in [0.5, 0.6) is 17.2 Å². The highest BCUT2D eigenvalue weighted by Gasteiger charge is 2.25. The molecule has 0 N–H and O–H groups in total. The normalized spacial score (nSPS) is 19.9. The molecule has 0 radical (unpaired) electrons. The Balaban J connectivity index is 1.83. The van der Waals surface area contributed by atoms with Crippen LogP contribution in [0.1, 0.15) is 48.3 Å². The zero-order valence-electron chi connectivity index (χ0n) is 16.8. The van der Waals surface area contributed by atoms with Crippen molar-refractivity contribution in [3.8, 4) is 17.2 Å². The van der Waals surface area contributed by atoms with E-state index in [1.807, 2.05) is 6.07 Å². The number of hydrogen-bond donors (Lipinski definition) is 0. The van der Waals surface area contributed by atoms with Gasteiger partial charge in [0.15, 0.2) is 11.5 Å². The molecule has 2 aromatic carbocycles. The van der Waals surface area contributed by atoms with Crippen molar-refractivity contribution in [2.75, 3.05) is 21.3 Å². The fourth-order valence-electron chi connectivity index (χ4n) is 4.06. The third-order valence-corrected chi connectivity index (χ3v) is 5.62. The highest BCUT2D eigenvalue weighted by atomic mass is 16.5. The minimum Gasteiger partial charge on any atom is -0.496 e. The van der Waals surface area contributed by atoms with E-state index >= 15 is 0 Å². The van der Waals surface area contributed by atoms with Crippen LogP contribution in [-0.2, 0) is 0 Å². The zero-order chi connectivity index (χ0) is 19.2. The molecule has 2 unspecified atom stereocenters. The van der Waals surface area contributed by atoms with Gasteiger partial charge in [-0.3, -0.25) is 0 Å². The maximum atomic E-state index is 5.51. The minimum absolute atomic E-state index is 0.516. The van der Waals surface area contributed by atoms with E-state index in [4.69, 9.17) is 14.2 Å².